The van der Waals surface area contributed by atoms with E-state index in [0.29, 0.717) is 0 Å². The average Bonchev–Trinajstić information content (AvgIpc) is 2.60. The van der Waals surface area contributed by atoms with Gasteiger partial charge in [-0.05, 0) is 22.7 Å². The molecule has 0 aliphatic rings. The highest BCUT2D eigenvalue weighted by Crippen LogP contribution is 2.05. The molecular formula is C19H20ClNO5. The minimum Gasteiger partial charge on any atom is -0.480 e. The third-order valence-corrected chi connectivity index (χ3v) is 3.09. The van der Waals surface area contributed by atoms with Crippen LogP contribution in [0.1, 0.15) is 18.1 Å². The molecule has 6 nitrogen and oxygen atoms in total. The van der Waals surface area contributed by atoms with Crippen LogP contribution in [0.5, 0.6) is 0 Å². The number of carboxylic acid groups (broad SMARTS) is 1. The Kier molecular flexibility index (Phi) is 9.49. The zero-order valence-electron chi connectivity index (χ0n) is 14.2. The average molecular weight is 378 g/mol. The molecule has 0 bridgehead atoms. The molecule has 0 saturated heterocycles. The summed E-state index contributed by atoms with van der Waals surface area (Å²) in [6, 6.07) is 17.3. The summed E-state index contributed by atoms with van der Waals surface area (Å²) in [6.45, 7) is 1.39. The van der Waals surface area contributed by atoms with Crippen molar-refractivity contribution in [2.45, 2.75) is 26.0 Å². The Labute approximate surface area is 156 Å². The van der Waals surface area contributed by atoms with Crippen LogP contribution in [0.2, 0.25) is 0 Å². The van der Waals surface area contributed by atoms with Crippen molar-refractivity contribution in [3.05, 3.63) is 71.8 Å². The van der Waals surface area contributed by atoms with E-state index in [1.165, 1.54) is 6.92 Å². The van der Waals surface area contributed by atoms with Gasteiger partial charge < -0.3 is 15.2 Å². The summed E-state index contributed by atoms with van der Waals surface area (Å²) in [5.74, 6) is -1.10. The highest BCUT2D eigenvalue weighted by atomic mass is 35.5. The van der Waals surface area contributed by atoms with Gasteiger partial charge in [0.1, 0.15) is 12.6 Å². The standard InChI is InChI=1S/C17H17NO4.C2H3ClO/c19-16(20)15(11-13-7-3-1-4-8-13)18-17(21)22-12-14-9-5-2-6-10-14;1-2(3)4/h1-10,15H,11-12H2,(H,18,21)(H,19,20);1H3. The number of nitrogens with one attached hydrogen (secondary N) is 1. The molecule has 2 aromatic carbocycles. The van der Waals surface area contributed by atoms with E-state index in [4.69, 9.17) is 4.74 Å². The van der Waals surface area contributed by atoms with Crippen LogP contribution in [0, 0.1) is 0 Å². The molecule has 1 unspecified atom stereocenters. The lowest BCUT2D eigenvalue weighted by molar-refractivity contribution is -0.139. The fraction of sp³-hybridized carbons (Fsp3) is 0.211. The number of ether oxygens (including phenoxy) is 1. The predicted molar refractivity (Wildman–Crippen MR) is 97.9 cm³/mol. The van der Waals surface area contributed by atoms with Gasteiger partial charge in [0.2, 0.25) is 5.24 Å². The van der Waals surface area contributed by atoms with E-state index in [1.807, 2.05) is 60.7 Å². The molecule has 0 aliphatic heterocycles. The van der Waals surface area contributed by atoms with E-state index in [1.54, 1.807) is 0 Å². The maximum Gasteiger partial charge on any atom is 0.408 e. The number of halogens is 1. The Morgan fingerprint density at radius 3 is 1.92 bits per heavy atom. The van der Waals surface area contributed by atoms with Crippen LogP contribution in [0.25, 0.3) is 0 Å². The maximum atomic E-state index is 11.7. The number of carboxylic acids is 1. The smallest absolute Gasteiger partial charge is 0.408 e. The molecule has 2 aromatic rings. The number of hydrogen-bond donors (Lipinski definition) is 2. The van der Waals surface area contributed by atoms with E-state index < -0.39 is 18.1 Å². The fourth-order valence-corrected chi connectivity index (χ4v) is 1.96. The summed E-state index contributed by atoms with van der Waals surface area (Å²) in [5.41, 5.74) is 1.67. The number of alkyl carbamates (subject to hydrolysis) is 1. The molecule has 1 atom stereocenters. The minimum absolute atomic E-state index is 0.102. The second-order valence-electron chi connectivity index (χ2n) is 5.26. The zero-order chi connectivity index (χ0) is 19.4. The Morgan fingerprint density at radius 1 is 1.00 bits per heavy atom. The topological polar surface area (TPSA) is 92.7 Å². The molecule has 138 valence electrons. The molecule has 2 rings (SSSR count). The van der Waals surface area contributed by atoms with Gasteiger partial charge in [0.25, 0.3) is 0 Å². The molecule has 2 N–H and O–H groups in total. The maximum absolute atomic E-state index is 11.7. The van der Waals surface area contributed by atoms with Crippen LogP contribution in [0.4, 0.5) is 4.79 Å². The Hall–Kier alpha value is -2.86. The molecule has 0 radical (unpaired) electrons. The zero-order valence-corrected chi connectivity index (χ0v) is 15.0. The summed E-state index contributed by atoms with van der Waals surface area (Å²) in [5, 5.41) is 11.2. The van der Waals surface area contributed by atoms with Gasteiger partial charge in [-0.2, -0.15) is 0 Å². The first-order valence-corrected chi connectivity index (χ1v) is 8.16. The Bertz CT molecular complexity index is 702. The van der Waals surface area contributed by atoms with Crippen molar-refractivity contribution in [3.63, 3.8) is 0 Å². The summed E-state index contributed by atoms with van der Waals surface area (Å²) >= 11 is 4.64. The van der Waals surface area contributed by atoms with Gasteiger partial charge in [-0.25, -0.2) is 9.59 Å². The van der Waals surface area contributed by atoms with E-state index in [2.05, 4.69) is 16.9 Å². The van der Waals surface area contributed by atoms with Gasteiger partial charge in [0, 0.05) is 13.3 Å². The molecule has 26 heavy (non-hydrogen) atoms. The van der Waals surface area contributed by atoms with Crippen molar-refractivity contribution in [3.8, 4) is 0 Å². The predicted octanol–water partition coefficient (Wildman–Crippen LogP) is 3.38. The number of benzene rings is 2. The van der Waals surface area contributed by atoms with E-state index in [0.717, 1.165) is 11.1 Å². The van der Waals surface area contributed by atoms with Crippen molar-refractivity contribution in [1.82, 2.24) is 5.32 Å². The van der Waals surface area contributed by atoms with Crippen LogP contribution < -0.4 is 5.32 Å². The first-order chi connectivity index (χ1) is 12.4. The van der Waals surface area contributed by atoms with Crippen molar-refractivity contribution in [2.75, 3.05) is 0 Å². The molecule has 7 heteroatoms. The molecule has 1 amide bonds. The van der Waals surface area contributed by atoms with E-state index in [-0.39, 0.29) is 18.3 Å². The van der Waals surface area contributed by atoms with Crippen molar-refractivity contribution >= 4 is 28.9 Å². The minimum atomic E-state index is -1.10. The van der Waals surface area contributed by atoms with Crippen LogP contribution in [0.15, 0.2) is 60.7 Å². The molecule has 0 aliphatic carbocycles. The second-order valence-corrected chi connectivity index (χ2v) is 5.79. The lowest BCUT2D eigenvalue weighted by Crippen LogP contribution is -2.42. The first kappa shape index (κ1) is 21.2. The van der Waals surface area contributed by atoms with Crippen molar-refractivity contribution in [2.24, 2.45) is 0 Å². The van der Waals surface area contributed by atoms with Gasteiger partial charge in [0.15, 0.2) is 0 Å². The lowest BCUT2D eigenvalue weighted by Gasteiger charge is -2.14. The highest BCUT2D eigenvalue weighted by molar-refractivity contribution is 6.62. The second kappa shape index (κ2) is 11.7. The summed E-state index contributed by atoms with van der Waals surface area (Å²) in [7, 11) is 0. The molecule has 0 spiro atoms. The Balaban J connectivity index is 0.000000765. The molecule has 0 fully saturated rings. The summed E-state index contributed by atoms with van der Waals surface area (Å²) in [4.78, 5) is 32.2. The third kappa shape index (κ3) is 9.44. The van der Waals surface area contributed by atoms with E-state index in [9.17, 15) is 19.5 Å². The number of carbonyl (C=O) groups excluding carboxylic acids is 2. The highest BCUT2D eigenvalue weighted by Gasteiger charge is 2.21. The van der Waals surface area contributed by atoms with Crippen LogP contribution in [0.3, 0.4) is 0 Å². The monoisotopic (exact) mass is 377 g/mol. The molecule has 0 aromatic heterocycles. The van der Waals surface area contributed by atoms with Gasteiger partial charge in [0.05, 0.1) is 0 Å². The number of hydrogen-bond acceptors (Lipinski definition) is 4. The quantitative estimate of drug-likeness (QED) is 0.753. The van der Waals surface area contributed by atoms with Gasteiger partial charge in [-0.3, -0.25) is 4.79 Å². The fourth-order valence-electron chi connectivity index (χ4n) is 1.96. The normalized spacial score (nSPS) is 10.7. The molecule has 0 saturated carbocycles. The number of amides is 1. The number of carbonyl (C=O) groups is 3. The van der Waals surface area contributed by atoms with Crippen LogP contribution >= 0.6 is 11.6 Å². The van der Waals surface area contributed by atoms with Crippen molar-refractivity contribution in [1.29, 1.82) is 0 Å². The summed E-state index contributed by atoms with van der Waals surface area (Å²) in [6.07, 6.45) is -0.538. The SMILES string of the molecule is CC(=O)Cl.O=C(NC(Cc1ccccc1)C(=O)O)OCc1ccccc1. The van der Waals surface area contributed by atoms with Gasteiger partial charge in [-0.1, -0.05) is 60.7 Å². The Morgan fingerprint density at radius 2 is 1.46 bits per heavy atom. The van der Waals surface area contributed by atoms with E-state index >= 15 is 0 Å². The third-order valence-electron chi connectivity index (χ3n) is 3.09. The number of aliphatic carboxylic acids is 1. The van der Waals surface area contributed by atoms with Gasteiger partial charge in [-0.15, -0.1) is 0 Å². The van der Waals surface area contributed by atoms with Gasteiger partial charge >= 0.3 is 12.1 Å². The molecular weight excluding hydrogens is 358 g/mol. The first-order valence-electron chi connectivity index (χ1n) is 7.78. The van der Waals surface area contributed by atoms with Crippen LogP contribution in [-0.2, 0) is 27.4 Å². The number of rotatable bonds is 6. The summed E-state index contributed by atoms with van der Waals surface area (Å²) < 4.78 is 5.03. The molecule has 0 heterocycles. The largest absolute Gasteiger partial charge is 0.480 e. The lowest BCUT2D eigenvalue weighted by atomic mass is 10.1. The van der Waals surface area contributed by atoms with Crippen molar-refractivity contribution < 1.29 is 24.2 Å². The van der Waals surface area contributed by atoms with Crippen LogP contribution in [-0.4, -0.2) is 28.5 Å².